The number of nitrogens with two attached hydrogens (primary N) is 1. The molecule has 0 aliphatic rings. The summed E-state index contributed by atoms with van der Waals surface area (Å²) in [6.45, 7) is 1.42. The van der Waals surface area contributed by atoms with Crippen LogP contribution in [0.15, 0.2) is 0 Å². The van der Waals surface area contributed by atoms with Crippen LogP contribution in [0.1, 0.15) is 6.92 Å². The maximum Gasteiger partial charge on any atom is 0.320 e. The van der Waals surface area contributed by atoms with Gasteiger partial charge in [0.15, 0.2) is 0 Å². The van der Waals surface area contributed by atoms with Gasteiger partial charge in [0.25, 0.3) is 0 Å². The Kier molecular flexibility index (Phi) is 6.30. The van der Waals surface area contributed by atoms with Crippen molar-refractivity contribution in [1.29, 1.82) is 0 Å². The van der Waals surface area contributed by atoms with Gasteiger partial charge in [0.05, 0.1) is 0 Å². The molecule has 0 heterocycles. The van der Waals surface area contributed by atoms with Crippen LogP contribution in [-0.2, 0) is 4.79 Å². The van der Waals surface area contributed by atoms with Gasteiger partial charge in [-0.25, -0.2) is 0 Å². The molecule has 4 heteroatoms. The maximum atomic E-state index is 9.57. The molecule has 0 spiro atoms. The second-order valence-corrected chi connectivity index (χ2v) is 1.13. The average molecular weight is 217 g/mol. The first kappa shape index (κ1) is 10.2. The van der Waals surface area contributed by atoms with Crippen LogP contribution in [0.25, 0.3) is 0 Å². The molecular weight excluding hydrogens is 209 g/mol. The van der Waals surface area contributed by atoms with E-state index in [1.54, 1.807) is 0 Å². The highest BCUT2D eigenvalue weighted by atomic mass is 127. The summed E-state index contributed by atoms with van der Waals surface area (Å²) < 4.78 is 0. The number of carboxylic acid groups (broad SMARTS) is 1. The first-order valence-electron chi connectivity index (χ1n) is 1.63. The van der Waals surface area contributed by atoms with Crippen molar-refractivity contribution in [3.05, 3.63) is 0 Å². The first-order valence-corrected chi connectivity index (χ1v) is 1.63. The fraction of sp³-hybridized carbons (Fsp3) is 0.667. The highest BCUT2D eigenvalue weighted by Gasteiger charge is 1.99. The Bertz CT molecular complexity index is 64.0. The Morgan fingerprint density at radius 2 is 2.00 bits per heavy atom. The second kappa shape index (κ2) is 4.32. The van der Waals surface area contributed by atoms with Gasteiger partial charge in [0.1, 0.15) is 6.04 Å². The lowest BCUT2D eigenvalue weighted by molar-refractivity contribution is -0.138. The van der Waals surface area contributed by atoms with Gasteiger partial charge in [-0.1, -0.05) is 0 Å². The predicted molar refractivity (Wildman–Crippen MR) is 36.7 cm³/mol. The van der Waals surface area contributed by atoms with E-state index in [-0.39, 0.29) is 24.0 Å². The molecule has 1 atom stereocenters. The molecule has 0 saturated carbocycles. The van der Waals surface area contributed by atoms with Crippen LogP contribution in [0.3, 0.4) is 0 Å². The van der Waals surface area contributed by atoms with E-state index < -0.39 is 12.0 Å². The van der Waals surface area contributed by atoms with Gasteiger partial charge in [-0.05, 0) is 6.92 Å². The molecule has 0 aliphatic carbocycles. The zero-order valence-corrected chi connectivity index (χ0v) is 6.25. The lowest BCUT2D eigenvalue weighted by atomic mass is 10.4. The average Bonchev–Trinajstić information content (AvgIpc) is 1.36. The summed E-state index contributed by atoms with van der Waals surface area (Å²) in [6.07, 6.45) is 0. The maximum absolute atomic E-state index is 9.57. The van der Waals surface area contributed by atoms with Crippen molar-refractivity contribution in [2.45, 2.75) is 13.0 Å². The van der Waals surface area contributed by atoms with Crippen LogP contribution >= 0.6 is 24.0 Å². The van der Waals surface area contributed by atoms with Crippen molar-refractivity contribution in [2.75, 3.05) is 0 Å². The summed E-state index contributed by atoms with van der Waals surface area (Å²) in [5.74, 6) is -0.963. The molecule has 0 aliphatic heterocycles. The summed E-state index contributed by atoms with van der Waals surface area (Å²) >= 11 is 0. The molecule has 0 fully saturated rings. The minimum Gasteiger partial charge on any atom is -0.480 e. The van der Waals surface area contributed by atoms with Crippen molar-refractivity contribution < 1.29 is 9.90 Å². The third-order valence-electron chi connectivity index (χ3n) is 0.390. The molecule has 0 aromatic carbocycles. The summed E-state index contributed by atoms with van der Waals surface area (Å²) in [6, 6.07) is -0.731. The SMILES string of the molecule is C[C@H](N)C(=O)O.I. The molecule has 44 valence electrons. The number of hydrogen-bond donors (Lipinski definition) is 2. The van der Waals surface area contributed by atoms with Crippen molar-refractivity contribution in [3.63, 3.8) is 0 Å². The Morgan fingerprint density at radius 3 is 2.00 bits per heavy atom. The molecule has 7 heavy (non-hydrogen) atoms. The topological polar surface area (TPSA) is 63.3 Å². The Labute approximate surface area is 58.9 Å². The van der Waals surface area contributed by atoms with E-state index in [1.807, 2.05) is 0 Å². The predicted octanol–water partition coefficient (Wildman–Crippen LogP) is 0.0362. The van der Waals surface area contributed by atoms with Gasteiger partial charge < -0.3 is 10.8 Å². The van der Waals surface area contributed by atoms with E-state index >= 15 is 0 Å². The third kappa shape index (κ3) is 6.16. The summed E-state index contributed by atoms with van der Waals surface area (Å²) in [7, 11) is 0. The highest BCUT2D eigenvalue weighted by molar-refractivity contribution is 14.0. The Hall–Kier alpha value is 0.160. The molecule has 3 N–H and O–H groups in total. The molecule has 0 bridgehead atoms. The summed E-state index contributed by atoms with van der Waals surface area (Å²) in [5.41, 5.74) is 4.84. The fourth-order valence-corrected chi connectivity index (χ4v) is 0. The normalized spacial score (nSPS) is 11.7. The van der Waals surface area contributed by atoms with E-state index in [2.05, 4.69) is 0 Å². The zero-order valence-electron chi connectivity index (χ0n) is 3.92. The fourth-order valence-electron chi connectivity index (χ4n) is 0. The Morgan fingerprint density at radius 1 is 1.86 bits per heavy atom. The van der Waals surface area contributed by atoms with Gasteiger partial charge in [0, 0.05) is 0 Å². The van der Waals surface area contributed by atoms with E-state index in [0.717, 1.165) is 0 Å². The van der Waals surface area contributed by atoms with Crippen LogP contribution in [0.2, 0.25) is 0 Å². The van der Waals surface area contributed by atoms with Crippen LogP contribution in [0.5, 0.6) is 0 Å². The van der Waals surface area contributed by atoms with Gasteiger partial charge in [-0.3, -0.25) is 4.79 Å². The summed E-state index contributed by atoms with van der Waals surface area (Å²) in [4.78, 5) is 9.57. The lowest BCUT2D eigenvalue weighted by Crippen LogP contribution is -2.25. The highest BCUT2D eigenvalue weighted by Crippen LogP contribution is 1.68. The standard InChI is InChI=1S/C3H7NO2.HI/c1-2(4)3(5)6;/h2H,4H2,1H3,(H,5,6);1H/t2-;/m0./s1. The van der Waals surface area contributed by atoms with Crippen LogP contribution in [0.4, 0.5) is 0 Å². The van der Waals surface area contributed by atoms with Crippen LogP contribution in [0, 0.1) is 0 Å². The van der Waals surface area contributed by atoms with Crippen LogP contribution < -0.4 is 5.73 Å². The first-order chi connectivity index (χ1) is 2.64. The number of aliphatic carboxylic acids is 1. The largest absolute Gasteiger partial charge is 0.480 e. The number of rotatable bonds is 1. The molecule has 0 rings (SSSR count). The third-order valence-corrected chi connectivity index (χ3v) is 0.390. The number of carbonyl (C=O) groups is 1. The van der Waals surface area contributed by atoms with Crippen molar-refractivity contribution in [1.82, 2.24) is 0 Å². The van der Waals surface area contributed by atoms with Crippen LogP contribution in [-0.4, -0.2) is 17.1 Å². The van der Waals surface area contributed by atoms with Crippen molar-refractivity contribution >= 4 is 29.9 Å². The molecule has 0 unspecified atom stereocenters. The molecule has 0 amide bonds. The smallest absolute Gasteiger partial charge is 0.320 e. The minimum absolute atomic E-state index is 0. The van der Waals surface area contributed by atoms with Crippen molar-refractivity contribution in [2.24, 2.45) is 5.73 Å². The number of carboxylic acids is 1. The van der Waals surface area contributed by atoms with Gasteiger partial charge in [-0.2, -0.15) is 0 Å². The monoisotopic (exact) mass is 217 g/mol. The molecule has 0 aromatic rings. The van der Waals surface area contributed by atoms with Gasteiger partial charge in [0.2, 0.25) is 0 Å². The van der Waals surface area contributed by atoms with E-state index in [4.69, 9.17) is 10.8 Å². The zero-order chi connectivity index (χ0) is 5.15. The summed E-state index contributed by atoms with van der Waals surface area (Å²) in [5, 5.41) is 7.87. The van der Waals surface area contributed by atoms with E-state index in [0.29, 0.717) is 0 Å². The minimum atomic E-state index is -0.963. The van der Waals surface area contributed by atoms with Gasteiger partial charge >= 0.3 is 5.97 Å². The van der Waals surface area contributed by atoms with Crippen molar-refractivity contribution in [3.8, 4) is 0 Å². The number of hydrogen-bond acceptors (Lipinski definition) is 2. The molecule has 3 nitrogen and oxygen atoms in total. The molecule has 0 radical (unpaired) electrons. The quantitative estimate of drug-likeness (QED) is 0.609. The lowest BCUT2D eigenvalue weighted by Gasteiger charge is -1.90. The van der Waals surface area contributed by atoms with Gasteiger partial charge in [-0.15, -0.1) is 24.0 Å². The molecular formula is C3H8INO2. The Balaban J connectivity index is 0. The molecule has 0 aromatic heterocycles. The van der Waals surface area contributed by atoms with E-state index in [9.17, 15) is 4.79 Å². The number of halogens is 1. The van der Waals surface area contributed by atoms with E-state index in [1.165, 1.54) is 6.92 Å². The second-order valence-electron chi connectivity index (χ2n) is 1.13. The molecule has 0 saturated heterocycles.